The van der Waals surface area contributed by atoms with Crippen LogP contribution in [-0.4, -0.2) is 53.3 Å². The molecule has 0 unspecified atom stereocenters. The van der Waals surface area contributed by atoms with Crippen LogP contribution in [0, 0.1) is 6.92 Å². The van der Waals surface area contributed by atoms with E-state index in [1.165, 1.54) is 7.11 Å². The Morgan fingerprint density at radius 2 is 1.94 bits per heavy atom. The number of nitrogens with one attached hydrogen (secondary N) is 1. The van der Waals surface area contributed by atoms with Gasteiger partial charge in [0.1, 0.15) is 12.4 Å². The van der Waals surface area contributed by atoms with Gasteiger partial charge in [0.2, 0.25) is 11.8 Å². The van der Waals surface area contributed by atoms with Crippen LogP contribution < -0.4 is 5.32 Å². The van der Waals surface area contributed by atoms with E-state index in [4.69, 9.17) is 9.84 Å². The van der Waals surface area contributed by atoms with Crippen molar-refractivity contribution >= 4 is 17.6 Å². The summed E-state index contributed by atoms with van der Waals surface area (Å²) >= 11 is 0. The lowest BCUT2D eigenvalue weighted by atomic mass is 9.92. The highest BCUT2D eigenvalue weighted by Gasteiger charge is 2.23. The second-order valence-electron chi connectivity index (χ2n) is 8.92. The summed E-state index contributed by atoms with van der Waals surface area (Å²) < 4.78 is 6.74. The van der Waals surface area contributed by atoms with Gasteiger partial charge in [-0.05, 0) is 31.0 Å². The van der Waals surface area contributed by atoms with Gasteiger partial charge in [-0.2, -0.15) is 5.10 Å². The molecule has 1 N–H and O–H groups in total. The predicted molar refractivity (Wildman–Crippen MR) is 124 cm³/mol. The SMILES string of the molecule is CCCCCN(CC(=O)Nc1cc(C(C)(C)C)nn1-c1cccc(C)c1)C(=O)COC. The maximum atomic E-state index is 12.9. The van der Waals surface area contributed by atoms with Crippen LogP contribution >= 0.6 is 0 Å². The summed E-state index contributed by atoms with van der Waals surface area (Å²) in [7, 11) is 1.48. The van der Waals surface area contributed by atoms with Crippen LogP contribution in [0.15, 0.2) is 30.3 Å². The number of anilines is 1. The van der Waals surface area contributed by atoms with Gasteiger partial charge in [0.05, 0.1) is 17.9 Å². The Labute approximate surface area is 185 Å². The van der Waals surface area contributed by atoms with Crippen molar-refractivity contribution in [1.82, 2.24) is 14.7 Å². The molecule has 0 radical (unpaired) electrons. The third kappa shape index (κ3) is 7.21. The summed E-state index contributed by atoms with van der Waals surface area (Å²) in [4.78, 5) is 26.8. The van der Waals surface area contributed by atoms with Gasteiger partial charge in [-0.25, -0.2) is 4.68 Å². The van der Waals surface area contributed by atoms with E-state index in [1.54, 1.807) is 9.58 Å². The number of methoxy groups -OCH3 is 1. The van der Waals surface area contributed by atoms with Crippen LogP contribution in [-0.2, 0) is 19.7 Å². The molecular formula is C24H36N4O3. The van der Waals surface area contributed by atoms with Gasteiger partial charge in [-0.1, -0.05) is 52.7 Å². The van der Waals surface area contributed by atoms with Crippen molar-refractivity contribution in [3.8, 4) is 5.69 Å². The zero-order valence-electron chi connectivity index (χ0n) is 19.7. The van der Waals surface area contributed by atoms with E-state index in [2.05, 4.69) is 33.0 Å². The number of nitrogens with zero attached hydrogens (tertiary/aromatic N) is 3. The van der Waals surface area contributed by atoms with E-state index in [0.29, 0.717) is 12.4 Å². The van der Waals surface area contributed by atoms with Crippen LogP contribution in [0.2, 0.25) is 0 Å². The Morgan fingerprint density at radius 3 is 2.55 bits per heavy atom. The number of aryl methyl sites for hydroxylation is 1. The molecule has 0 saturated carbocycles. The van der Waals surface area contributed by atoms with Crippen molar-refractivity contribution in [3.05, 3.63) is 41.6 Å². The molecule has 31 heavy (non-hydrogen) atoms. The van der Waals surface area contributed by atoms with E-state index in [-0.39, 0.29) is 30.4 Å². The Bertz CT molecular complexity index is 883. The molecule has 2 amide bonds. The number of carbonyl (C=O) groups excluding carboxylic acids is 2. The summed E-state index contributed by atoms with van der Waals surface area (Å²) in [5.74, 6) is 0.153. The van der Waals surface area contributed by atoms with Crippen LogP contribution in [0.5, 0.6) is 0 Å². The lowest BCUT2D eigenvalue weighted by Crippen LogP contribution is -2.40. The van der Waals surface area contributed by atoms with E-state index in [1.807, 2.05) is 37.3 Å². The smallest absolute Gasteiger partial charge is 0.249 e. The van der Waals surface area contributed by atoms with Gasteiger partial charge < -0.3 is 15.0 Å². The fourth-order valence-electron chi connectivity index (χ4n) is 3.21. The van der Waals surface area contributed by atoms with Crippen molar-refractivity contribution < 1.29 is 14.3 Å². The molecule has 170 valence electrons. The third-order valence-electron chi connectivity index (χ3n) is 4.98. The van der Waals surface area contributed by atoms with Crippen molar-refractivity contribution in [3.63, 3.8) is 0 Å². The van der Waals surface area contributed by atoms with Crippen LogP contribution in [0.25, 0.3) is 5.69 Å². The number of rotatable bonds is 10. The molecule has 0 spiro atoms. The minimum atomic E-state index is -0.254. The maximum Gasteiger partial charge on any atom is 0.249 e. The van der Waals surface area contributed by atoms with Crippen molar-refractivity contribution in [2.75, 3.05) is 32.1 Å². The van der Waals surface area contributed by atoms with Gasteiger partial charge in [0, 0.05) is 25.1 Å². The third-order valence-corrected chi connectivity index (χ3v) is 4.98. The first-order chi connectivity index (χ1) is 14.7. The van der Waals surface area contributed by atoms with Gasteiger partial charge in [-0.3, -0.25) is 9.59 Å². The zero-order valence-corrected chi connectivity index (χ0v) is 19.7. The maximum absolute atomic E-state index is 12.9. The highest BCUT2D eigenvalue weighted by Crippen LogP contribution is 2.26. The molecule has 0 aliphatic rings. The highest BCUT2D eigenvalue weighted by atomic mass is 16.5. The normalized spacial score (nSPS) is 11.4. The molecule has 0 atom stereocenters. The second-order valence-corrected chi connectivity index (χ2v) is 8.92. The molecule has 2 aromatic rings. The molecule has 2 rings (SSSR count). The molecule has 1 heterocycles. The summed E-state index contributed by atoms with van der Waals surface area (Å²) in [6, 6.07) is 9.87. The number of benzene rings is 1. The first-order valence-corrected chi connectivity index (χ1v) is 10.9. The number of amides is 2. The number of carbonyl (C=O) groups is 2. The molecule has 0 bridgehead atoms. The Kier molecular flexibility index (Phi) is 8.80. The largest absolute Gasteiger partial charge is 0.375 e. The van der Waals surface area contributed by atoms with Crippen LogP contribution in [0.3, 0.4) is 0 Å². The number of hydrogen-bond donors (Lipinski definition) is 1. The first kappa shape index (κ1) is 24.6. The lowest BCUT2D eigenvalue weighted by Gasteiger charge is -2.22. The number of unbranched alkanes of at least 4 members (excludes halogenated alkanes) is 2. The standard InChI is InChI=1S/C24H36N4O3/c1-7-8-9-13-27(23(30)17-31-6)16-22(29)25-21-15-20(24(3,4)5)26-28(21)19-12-10-11-18(2)14-19/h10-12,14-15H,7-9,13,16-17H2,1-6H3,(H,25,29). The molecule has 7 nitrogen and oxygen atoms in total. The van der Waals surface area contributed by atoms with Gasteiger partial charge in [0.15, 0.2) is 0 Å². The van der Waals surface area contributed by atoms with E-state index < -0.39 is 0 Å². The summed E-state index contributed by atoms with van der Waals surface area (Å²) in [6.07, 6.45) is 2.91. The number of ether oxygens (including phenoxy) is 1. The predicted octanol–water partition coefficient (Wildman–Crippen LogP) is 4.08. The molecule has 7 heteroatoms. The fraction of sp³-hybridized carbons (Fsp3) is 0.542. The summed E-state index contributed by atoms with van der Waals surface area (Å²) in [5.41, 5.74) is 2.69. The fourth-order valence-corrected chi connectivity index (χ4v) is 3.21. The minimum absolute atomic E-state index is 0.0181. The van der Waals surface area contributed by atoms with Crippen molar-refractivity contribution in [1.29, 1.82) is 0 Å². The molecular weight excluding hydrogens is 392 g/mol. The quantitative estimate of drug-likeness (QED) is 0.579. The average molecular weight is 429 g/mol. The Morgan fingerprint density at radius 1 is 1.19 bits per heavy atom. The molecule has 0 aliphatic carbocycles. The summed E-state index contributed by atoms with van der Waals surface area (Å²) in [5, 5.41) is 7.72. The number of hydrogen-bond acceptors (Lipinski definition) is 4. The monoisotopic (exact) mass is 428 g/mol. The Hall–Kier alpha value is -2.67. The summed E-state index contributed by atoms with van der Waals surface area (Å²) in [6.45, 7) is 10.9. The molecule has 1 aromatic heterocycles. The second kappa shape index (κ2) is 11.1. The van der Waals surface area contributed by atoms with E-state index in [9.17, 15) is 9.59 Å². The van der Waals surface area contributed by atoms with Crippen molar-refractivity contribution in [2.45, 2.75) is 59.3 Å². The topological polar surface area (TPSA) is 76.5 Å². The van der Waals surface area contributed by atoms with E-state index >= 15 is 0 Å². The molecule has 0 aliphatic heterocycles. The molecule has 0 fully saturated rings. The number of aromatic nitrogens is 2. The average Bonchev–Trinajstić information content (AvgIpc) is 3.11. The van der Waals surface area contributed by atoms with Gasteiger partial charge in [-0.15, -0.1) is 0 Å². The van der Waals surface area contributed by atoms with Crippen LogP contribution in [0.4, 0.5) is 5.82 Å². The van der Waals surface area contributed by atoms with Crippen LogP contribution in [0.1, 0.15) is 58.2 Å². The Balaban J connectivity index is 2.25. The molecule has 1 aromatic carbocycles. The highest BCUT2D eigenvalue weighted by molar-refractivity contribution is 5.94. The lowest BCUT2D eigenvalue weighted by molar-refractivity contribution is -0.138. The zero-order chi connectivity index (χ0) is 23.0. The molecule has 0 saturated heterocycles. The van der Waals surface area contributed by atoms with Gasteiger partial charge in [0.25, 0.3) is 0 Å². The first-order valence-electron chi connectivity index (χ1n) is 10.9. The van der Waals surface area contributed by atoms with Gasteiger partial charge >= 0.3 is 0 Å². The van der Waals surface area contributed by atoms with E-state index in [0.717, 1.165) is 36.2 Å². The van der Waals surface area contributed by atoms with Crippen molar-refractivity contribution in [2.24, 2.45) is 0 Å². The minimum Gasteiger partial charge on any atom is -0.375 e.